The van der Waals surface area contributed by atoms with Gasteiger partial charge in [0.2, 0.25) is 0 Å². The summed E-state index contributed by atoms with van der Waals surface area (Å²) in [4.78, 5) is 0. The van der Waals surface area contributed by atoms with Gasteiger partial charge in [0.1, 0.15) is 0 Å². The average Bonchev–Trinajstić information content (AvgIpc) is 3.00. The van der Waals surface area contributed by atoms with Crippen molar-refractivity contribution in [3.63, 3.8) is 0 Å². The Labute approximate surface area is 152 Å². The molecule has 3 nitrogen and oxygen atoms in total. The van der Waals surface area contributed by atoms with E-state index in [0.29, 0.717) is 0 Å². The summed E-state index contributed by atoms with van der Waals surface area (Å²) in [6, 6.07) is 20.3. The molecule has 0 saturated carbocycles. The quantitative estimate of drug-likeness (QED) is 0.594. The van der Waals surface area contributed by atoms with E-state index >= 15 is 0 Å². The van der Waals surface area contributed by atoms with E-state index in [1.54, 1.807) is 0 Å². The van der Waals surface area contributed by atoms with Crippen LogP contribution in [0.2, 0.25) is 5.02 Å². The van der Waals surface area contributed by atoms with Gasteiger partial charge in [-0.05, 0) is 59.5 Å². The van der Waals surface area contributed by atoms with Crippen LogP contribution in [0.4, 0.5) is 17.1 Å². The molecule has 5 N–H and O–H groups in total. The van der Waals surface area contributed by atoms with Gasteiger partial charge in [-0.2, -0.15) is 0 Å². The summed E-state index contributed by atoms with van der Waals surface area (Å²) >= 11 is 6.35. The third kappa shape index (κ3) is 2.35. The minimum absolute atomic E-state index is 0.300. The van der Waals surface area contributed by atoms with Crippen LogP contribution in [0.15, 0.2) is 60.7 Å². The summed E-state index contributed by atoms with van der Waals surface area (Å²) in [6.07, 6.45) is 0. The molecule has 4 heteroatoms. The Balaban J connectivity index is 2.01. The van der Waals surface area contributed by atoms with Gasteiger partial charge in [-0.25, -0.2) is 0 Å². The lowest BCUT2D eigenvalue weighted by Crippen LogP contribution is -2.31. The van der Waals surface area contributed by atoms with Gasteiger partial charge in [0, 0.05) is 28.6 Å². The van der Waals surface area contributed by atoms with E-state index in [4.69, 9.17) is 23.1 Å². The molecule has 25 heavy (non-hydrogen) atoms. The zero-order valence-corrected chi connectivity index (χ0v) is 14.8. The van der Waals surface area contributed by atoms with Crippen LogP contribution in [-0.4, -0.2) is 6.54 Å². The summed E-state index contributed by atoms with van der Waals surface area (Å²) in [6.45, 7) is 2.81. The van der Waals surface area contributed by atoms with Crippen molar-refractivity contribution in [2.24, 2.45) is 0 Å². The van der Waals surface area contributed by atoms with Crippen molar-refractivity contribution in [1.29, 1.82) is 0 Å². The SMILES string of the molecule is Cc1c(Cl)ccc2c1NCC2(c1ccc(N)cc1)c1ccc(N)cc1. The Bertz CT molecular complexity index is 885. The van der Waals surface area contributed by atoms with Crippen molar-refractivity contribution in [3.05, 3.63) is 87.9 Å². The van der Waals surface area contributed by atoms with Gasteiger partial charge >= 0.3 is 0 Å². The minimum Gasteiger partial charge on any atom is -0.399 e. The van der Waals surface area contributed by atoms with Crippen LogP contribution in [0.3, 0.4) is 0 Å². The maximum absolute atomic E-state index is 6.35. The molecule has 3 aromatic rings. The highest BCUT2D eigenvalue weighted by Crippen LogP contribution is 2.49. The summed E-state index contributed by atoms with van der Waals surface area (Å²) < 4.78 is 0. The number of halogens is 1. The van der Waals surface area contributed by atoms with Crippen LogP contribution < -0.4 is 16.8 Å². The highest BCUT2D eigenvalue weighted by molar-refractivity contribution is 6.31. The molecule has 126 valence electrons. The number of benzene rings is 3. The van der Waals surface area contributed by atoms with Crippen molar-refractivity contribution in [2.75, 3.05) is 23.3 Å². The molecule has 0 radical (unpaired) electrons. The molecule has 1 aliphatic heterocycles. The van der Waals surface area contributed by atoms with Crippen LogP contribution in [0, 0.1) is 6.92 Å². The lowest BCUT2D eigenvalue weighted by molar-refractivity contribution is 0.686. The third-order valence-corrected chi connectivity index (χ3v) is 5.61. The standard InChI is InChI=1S/C21H20ClN3/c1-13-19(22)11-10-18-20(13)25-12-21(18,14-2-6-16(23)7-3-14)15-4-8-17(24)9-5-15/h2-11,25H,12,23-24H2,1H3. The monoisotopic (exact) mass is 349 g/mol. The second kappa shape index (κ2) is 5.71. The summed E-state index contributed by atoms with van der Waals surface area (Å²) in [5, 5.41) is 4.35. The van der Waals surface area contributed by atoms with Gasteiger partial charge in [-0.3, -0.25) is 0 Å². The lowest BCUT2D eigenvalue weighted by Gasteiger charge is -2.31. The van der Waals surface area contributed by atoms with E-state index < -0.39 is 0 Å². The van der Waals surface area contributed by atoms with Crippen LogP contribution in [0.1, 0.15) is 22.3 Å². The number of hydrogen-bond acceptors (Lipinski definition) is 3. The molecule has 3 aromatic carbocycles. The number of hydrogen-bond donors (Lipinski definition) is 3. The van der Waals surface area contributed by atoms with Crippen molar-refractivity contribution < 1.29 is 0 Å². The number of nitrogens with two attached hydrogens (primary N) is 2. The van der Waals surface area contributed by atoms with Gasteiger partial charge in [-0.15, -0.1) is 0 Å². The third-order valence-electron chi connectivity index (χ3n) is 5.20. The second-order valence-electron chi connectivity index (χ2n) is 6.60. The molecular formula is C21H20ClN3. The van der Waals surface area contributed by atoms with Crippen LogP contribution in [0.5, 0.6) is 0 Å². The Hall–Kier alpha value is -2.65. The van der Waals surface area contributed by atoms with Gasteiger partial charge in [-0.1, -0.05) is 41.9 Å². The topological polar surface area (TPSA) is 64.1 Å². The fourth-order valence-electron chi connectivity index (χ4n) is 3.80. The number of fused-ring (bicyclic) bond motifs is 1. The van der Waals surface area contributed by atoms with Gasteiger partial charge in [0.15, 0.2) is 0 Å². The van der Waals surface area contributed by atoms with Crippen molar-refractivity contribution in [1.82, 2.24) is 0 Å². The first kappa shape index (κ1) is 15.9. The summed E-state index contributed by atoms with van der Waals surface area (Å²) in [7, 11) is 0. The van der Waals surface area contributed by atoms with E-state index in [0.717, 1.165) is 34.2 Å². The number of nitrogens with one attached hydrogen (secondary N) is 1. The fraction of sp³-hybridized carbons (Fsp3) is 0.143. The van der Waals surface area contributed by atoms with E-state index in [2.05, 4.69) is 42.6 Å². The zero-order valence-electron chi connectivity index (χ0n) is 14.0. The Morgan fingerprint density at radius 1 is 0.840 bits per heavy atom. The number of nitrogen functional groups attached to an aromatic ring is 2. The molecule has 0 saturated heterocycles. The van der Waals surface area contributed by atoms with E-state index in [9.17, 15) is 0 Å². The molecule has 1 heterocycles. The lowest BCUT2D eigenvalue weighted by atomic mass is 9.70. The Morgan fingerprint density at radius 2 is 1.36 bits per heavy atom. The first-order valence-electron chi connectivity index (χ1n) is 8.28. The highest BCUT2D eigenvalue weighted by atomic mass is 35.5. The van der Waals surface area contributed by atoms with Gasteiger partial charge in [0.25, 0.3) is 0 Å². The predicted molar refractivity (Wildman–Crippen MR) is 106 cm³/mol. The largest absolute Gasteiger partial charge is 0.399 e. The van der Waals surface area contributed by atoms with E-state index in [-0.39, 0.29) is 5.41 Å². The summed E-state index contributed by atoms with van der Waals surface area (Å²) in [5.74, 6) is 0. The Kier molecular flexibility index (Phi) is 3.62. The molecule has 1 aliphatic rings. The Morgan fingerprint density at radius 3 is 1.88 bits per heavy atom. The molecule has 0 amide bonds. The molecule has 0 atom stereocenters. The van der Waals surface area contributed by atoms with E-state index in [1.807, 2.05) is 30.3 Å². The smallest absolute Gasteiger partial charge is 0.0644 e. The normalized spacial score (nSPS) is 14.8. The fourth-order valence-corrected chi connectivity index (χ4v) is 3.96. The first-order chi connectivity index (χ1) is 12.0. The average molecular weight is 350 g/mol. The highest BCUT2D eigenvalue weighted by Gasteiger charge is 2.42. The molecule has 0 aromatic heterocycles. The first-order valence-corrected chi connectivity index (χ1v) is 8.65. The van der Waals surface area contributed by atoms with Crippen molar-refractivity contribution in [2.45, 2.75) is 12.3 Å². The number of anilines is 3. The van der Waals surface area contributed by atoms with Crippen molar-refractivity contribution >= 4 is 28.7 Å². The molecule has 0 fully saturated rings. The maximum atomic E-state index is 6.35. The molecule has 0 bridgehead atoms. The summed E-state index contributed by atoms with van der Waals surface area (Å²) in [5.41, 5.74) is 18.9. The molecular weight excluding hydrogens is 330 g/mol. The van der Waals surface area contributed by atoms with Crippen LogP contribution in [-0.2, 0) is 5.41 Å². The second-order valence-corrected chi connectivity index (χ2v) is 7.01. The van der Waals surface area contributed by atoms with Crippen molar-refractivity contribution in [3.8, 4) is 0 Å². The molecule has 0 unspecified atom stereocenters. The van der Waals surface area contributed by atoms with Gasteiger partial charge < -0.3 is 16.8 Å². The van der Waals surface area contributed by atoms with Crippen LogP contribution in [0.25, 0.3) is 0 Å². The maximum Gasteiger partial charge on any atom is 0.0644 e. The number of rotatable bonds is 2. The zero-order chi connectivity index (χ0) is 17.6. The molecule has 0 aliphatic carbocycles. The molecule has 4 rings (SSSR count). The van der Waals surface area contributed by atoms with Gasteiger partial charge in [0.05, 0.1) is 5.41 Å². The molecule has 0 spiro atoms. The minimum atomic E-state index is -0.300. The van der Waals surface area contributed by atoms with Crippen LogP contribution >= 0.6 is 11.6 Å². The predicted octanol–water partition coefficient (Wildman–Crippen LogP) is 4.57. The van der Waals surface area contributed by atoms with E-state index in [1.165, 1.54) is 16.7 Å².